The van der Waals surface area contributed by atoms with E-state index in [2.05, 4.69) is 24.2 Å². The summed E-state index contributed by atoms with van der Waals surface area (Å²) in [4.78, 5) is 16.6. The number of esters is 1. The highest BCUT2D eigenvalue weighted by atomic mass is 16.6. The van der Waals surface area contributed by atoms with Gasteiger partial charge in [0, 0.05) is 24.0 Å². The van der Waals surface area contributed by atoms with Crippen molar-refractivity contribution >= 4 is 11.7 Å². The van der Waals surface area contributed by atoms with Gasteiger partial charge in [0.05, 0.1) is 19.8 Å². The van der Waals surface area contributed by atoms with Gasteiger partial charge >= 0.3 is 5.97 Å². The molecule has 0 aliphatic rings. The monoisotopic (exact) mass is 503 g/mol. The Hall–Kier alpha value is -3.80. The number of carbonyl (C=O) groups is 1. The molecule has 3 aromatic carbocycles. The molecule has 1 unspecified atom stereocenters. The van der Waals surface area contributed by atoms with E-state index in [0.29, 0.717) is 25.9 Å². The summed E-state index contributed by atoms with van der Waals surface area (Å²) in [5, 5.41) is 4.34. The topological polar surface area (TPSA) is 66.4 Å². The lowest BCUT2D eigenvalue weighted by Crippen LogP contribution is -2.18. The number of hydrogen-bond acceptors (Lipinski definition) is 6. The van der Waals surface area contributed by atoms with Crippen LogP contribution < -0.4 is 9.47 Å². The fourth-order valence-electron chi connectivity index (χ4n) is 4.03. The first kappa shape index (κ1) is 27.8. The minimum atomic E-state index is -0.203. The zero-order chi connectivity index (χ0) is 26.6. The number of methoxy groups -OCH3 is 1. The smallest absolute Gasteiger partial charge is 0.305 e. The van der Waals surface area contributed by atoms with Crippen molar-refractivity contribution < 1.29 is 23.8 Å². The summed E-state index contributed by atoms with van der Waals surface area (Å²) < 4.78 is 17.1. The zero-order valence-electron chi connectivity index (χ0n) is 22.5. The van der Waals surface area contributed by atoms with Gasteiger partial charge in [-0.05, 0) is 67.6 Å². The minimum absolute atomic E-state index is 0.0776. The third-order valence-electron chi connectivity index (χ3n) is 6.20. The van der Waals surface area contributed by atoms with Gasteiger partial charge in [0.25, 0.3) is 0 Å². The lowest BCUT2D eigenvalue weighted by Gasteiger charge is -2.19. The molecule has 0 saturated heterocycles. The van der Waals surface area contributed by atoms with Crippen LogP contribution in [0, 0.1) is 6.92 Å². The number of oxime groups is 1. The molecule has 3 aromatic rings. The summed E-state index contributed by atoms with van der Waals surface area (Å²) in [7, 11) is 2.97. The van der Waals surface area contributed by atoms with Crippen molar-refractivity contribution in [1.29, 1.82) is 0 Å². The van der Waals surface area contributed by atoms with E-state index in [1.807, 2.05) is 68.4 Å². The molecule has 0 aromatic heterocycles. The maximum absolute atomic E-state index is 11.4. The van der Waals surface area contributed by atoms with E-state index < -0.39 is 0 Å². The van der Waals surface area contributed by atoms with Crippen molar-refractivity contribution in [1.82, 2.24) is 0 Å². The van der Waals surface area contributed by atoms with Crippen LogP contribution in [0.5, 0.6) is 11.5 Å². The molecule has 196 valence electrons. The van der Waals surface area contributed by atoms with Crippen LogP contribution >= 0.6 is 0 Å². The third-order valence-corrected chi connectivity index (χ3v) is 6.20. The van der Waals surface area contributed by atoms with Crippen molar-refractivity contribution in [3.8, 4) is 11.5 Å². The quantitative estimate of drug-likeness (QED) is 0.156. The van der Waals surface area contributed by atoms with Gasteiger partial charge in [0.15, 0.2) is 0 Å². The van der Waals surface area contributed by atoms with E-state index >= 15 is 0 Å². The summed E-state index contributed by atoms with van der Waals surface area (Å²) >= 11 is 0. The number of benzene rings is 3. The van der Waals surface area contributed by atoms with Crippen LogP contribution in [0.3, 0.4) is 0 Å². The highest BCUT2D eigenvalue weighted by molar-refractivity contribution is 6.14. The summed E-state index contributed by atoms with van der Waals surface area (Å²) in [5.74, 6) is 1.36. The van der Waals surface area contributed by atoms with Crippen LogP contribution in [0.4, 0.5) is 0 Å². The summed E-state index contributed by atoms with van der Waals surface area (Å²) in [6.45, 7) is 6.71. The third kappa shape index (κ3) is 8.10. The van der Waals surface area contributed by atoms with Gasteiger partial charge in [-0.25, -0.2) is 0 Å². The summed E-state index contributed by atoms with van der Waals surface area (Å²) in [6, 6.07) is 22.2. The molecule has 6 nitrogen and oxygen atoms in total. The predicted molar refractivity (Wildman–Crippen MR) is 147 cm³/mol. The Labute approximate surface area is 220 Å². The fraction of sp³-hybridized carbons (Fsp3) is 0.355. The van der Waals surface area contributed by atoms with E-state index in [9.17, 15) is 4.79 Å². The molecule has 0 radical (unpaired) electrons. The molecule has 37 heavy (non-hydrogen) atoms. The Balaban J connectivity index is 1.65. The average Bonchev–Trinajstić information content (AvgIpc) is 2.92. The van der Waals surface area contributed by atoms with Gasteiger partial charge in [-0.3, -0.25) is 4.79 Å². The Morgan fingerprint density at radius 1 is 1.00 bits per heavy atom. The number of hydrogen-bond donors (Lipinski definition) is 0. The SMILES string of the molecule is CCc1ccc(OC(C)CCOc2ccc(CCC(=O)OC)c(C)c2)c(/C(=N/OC)c2ccccc2)c1. The molecule has 0 fully saturated rings. The number of carbonyl (C=O) groups excluding carboxylic acids is 1. The average molecular weight is 504 g/mol. The fourth-order valence-corrected chi connectivity index (χ4v) is 4.03. The first-order valence-corrected chi connectivity index (χ1v) is 12.7. The van der Waals surface area contributed by atoms with Crippen LogP contribution in [0.25, 0.3) is 0 Å². The molecule has 0 spiro atoms. The molecular weight excluding hydrogens is 466 g/mol. The van der Waals surface area contributed by atoms with Crippen molar-refractivity contribution in [2.75, 3.05) is 20.8 Å². The maximum Gasteiger partial charge on any atom is 0.305 e. The molecule has 0 bridgehead atoms. The summed E-state index contributed by atoms with van der Waals surface area (Å²) in [5.41, 5.74) is 6.01. The predicted octanol–water partition coefficient (Wildman–Crippen LogP) is 6.30. The van der Waals surface area contributed by atoms with Crippen molar-refractivity contribution in [3.05, 3.63) is 94.5 Å². The molecule has 0 heterocycles. The van der Waals surface area contributed by atoms with E-state index in [0.717, 1.165) is 45.9 Å². The van der Waals surface area contributed by atoms with E-state index in [1.165, 1.54) is 12.7 Å². The van der Waals surface area contributed by atoms with Gasteiger partial charge in [-0.1, -0.05) is 54.5 Å². The Morgan fingerprint density at radius 2 is 1.78 bits per heavy atom. The lowest BCUT2D eigenvalue weighted by atomic mass is 9.98. The molecule has 3 rings (SSSR count). The molecular formula is C31H37NO5. The Morgan fingerprint density at radius 3 is 2.46 bits per heavy atom. The minimum Gasteiger partial charge on any atom is -0.493 e. The zero-order valence-corrected chi connectivity index (χ0v) is 22.5. The second-order valence-corrected chi connectivity index (χ2v) is 8.90. The Kier molecular flexibility index (Phi) is 10.6. The first-order chi connectivity index (χ1) is 17.9. The maximum atomic E-state index is 11.4. The van der Waals surface area contributed by atoms with E-state index in [1.54, 1.807) is 7.11 Å². The standard InChI is InChI=1S/C31H37NO5/c1-6-24-12-16-29(28(21-24)31(32-35-5)26-10-8-7-9-11-26)37-23(3)18-19-36-27-15-13-25(22(2)20-27)14-17-30(33)34-4/h7-13,15-16,20-21,23H,6,14,17-19H2,1-5H3/b32-31+. The van der Waals surface area contributed by atoms with E-state index in [4.69, 9.17) is 19.0 Å². The van der Waals surface area contributed by atoms with Crippen LogP contribution in [0.15, 0.2) is 71.9 Å². The van der Waals surface area contributed by atoms with Gasteiger partial charge < -0.3 is 19.0 Å². The summed E-state index contributed by atoms with van der Waals surface area (Å²) in [6.07, 6.45) is 2.56. The van der Waals surface area contributed by atoms with E-state index in [-0.39, 0.29) is 12.1 Å². The molecule has 0 amide bonds. The van der Waals surface area contributed by atoms with Crippen LogP contribution in [-0.2, 0) is 27.2 Å². The largest absolute Gasteiger partial charge is 0.493 e. The second-order valence-electron chi connectivity index (χ2n) is 8.90. The van der Waals surface area contributed by atoms with Gasteiger partial charge in [0.2, 0.25) is 0 Å². The normalized spacial score (nSPS) is 12.1. The second kappa shape index (κ2) is 14.1. The van der Waals surface area contributed by atoms with Crippen LogP contribution in [0.2, 0.25) is 0 Å². The molecule has 0 N–H and O–H groups in total. The highest BCUT2D eigenvalue weighted by Crippen LogP contribution is 2.26. The van der Waals surface area contributed by atoms with Gasteiger partial charge in [-0.2, -0.15) is 0 Å². The van der Waals surface area contributed by atoms with Crippen molar-refractivity contribution in [3.63, 3.8) is 0 Å². The van der Waals surface area contributed by atoms with Crippen LogP contribution in [0.1, 0.15) is 54.5 Å². The molecule has 0 aliphatic heterocycles. The lowest BCUT2D eigenvalue weighted by molar-refractivity contribution is -0.140. The molecule has 0 aliphatic carbocycles. The molecule has 6 heteroatoms. The Bertz CT molecular complexity index is 1190. The van der Waals surface area contributed by atoms with Crippen LogP contribution in [-0.4, -0.2) is 38.6 Å². The molecule has 1 atom stereocenters. The van der Waals surface area contributed by atoms with Gasteiger partial charge in [0.1, 0.15) is 24.3 Å². The number of nitrogens with zero attached hydrogens (tertiary/aromatic N) is 1. The van der Waals surface area contributed by atoms with Crippen molar-refractivity contribution in [2.45, 2.75) is 52.6 Å². The first-order valence-electron chi connectivity index (χ1n) is 12.7. The number of rotatable bonds is 13. The number of ether oxygens (including phenoxy) is 3. The number of aryl methyl sites for hydroxylation is 3. The van der Waals surface area contributed by atoms with Gasteiger partial charge in [-0.15, -0.1) is 0 Å². The highest BCUT2D eigenvalue weighted by Gasteiger charge is 2.17. The van der Waals surface area contributed by atoms with Crippen molar-refractivity contribution in [2.24, 2.45) is 5.16 Å². The molecule has 0 saturated carbocycles.